The summed E-state index contributed by atoms with van der Waals surface area (Å²) in [6.07, 6.45) is 0. The molecule has 122 valence electrons. The van der Waals surface area contributed by atoms with Gasteiger partial charge < -0.3 is 14.5 Å². The first-order valence-corrected chi connectivity index (χ1v) is 7.68. The Morgan fingerprint density at radius 1 is 1.08 bits per heavy atom. The first kappa shape index (κ1) is 16.4. The van der Waals surface area contributed by atoms with E-state index < -0.39 is 5.63 Å². The third-order valence-electron chi connectivity index (χ3n) is 3.17. The average molecular weight is 364 g/mol. The molecule has 1 amide bonds. The van der Waals surface area contributed by atoms with Gasteiger partial charge in [0.1, 0.15) is 11.3 Å². The van der Waals surface area contributed by atoms with Crippen molar-refractivity contribution < 1.29 is 13.9 Å². The molecule has 0 spiro atoms. The van der Waals surface area contributed by atoms with Crippen molar-refractivity contribution in [3.8, 4) is 5.75 Å². The van der Waals surface area contributed by atoms with E-state index in [1.54, 1.807) is 36.4 Å². The number of carbonyl (C=O) groups is 1. The van der Waals surface area contributed by atoms with Crippen molar-refractivity contribution in [1.82, 2.24) is 0 Å². The van der Waals surface area contributed by atoms with Crippen LogP contribution in [-0.4, -0.2) is 12.5 Å². The van der Waals surface area contributed by atoms with Crippen LogP contribution in [0.2, 0.25) is 10.0 Å². The summed E-state index contributed by atoms with van der Waals surface area (Å²) in [5.74, 6) is 0.0306. The number of hydrogen-bond donors (Lipinski definition) is 1. The molecule has 0 bridgehead atoms. The fourth-order valence-electron chi connectivity index (χ4n) is 2.06. The number of benzene rings is 2. The first-order chi connectivity index (χ1) is 11.5. The highest BCUT2D eigenvalue weighted by Crippen LogP contribution is 2.25. The van der Waals surface area contributed by atoms with E-state index in [2.05, 4.69) is 5.32 Å². The molecule has 0 fully saturated rings. The van der Waals surface area contributed by atoms with Crippen LogP contribution in [-0.2, 0) is 4.79 Å². The summed E-state index contributed by atoms with van der Waals surface area (Å²) in [5.41, 5.74) is 0.384. The number of carbonyl (C=O) groups excluding carboxylic acids is 1. The molecule has 24 heavy (non-hydrogen) atoms. The Kier molecular flexibility index (Phi) is 4.74. The van der Waals surface area contributed by atoms with Crippen LogP contribution in [0.4, 0.5) is 5.69 Å². The molecule has 3 rings (SSSR count). The molecule has 7 heteroatoms. The number of nitrogens with one attached hydrogen (secondary N) is 1. The largest absolute Gasteiger partial charge is 0.484 e. The highest BCUT2D eigenvalue weighted by molar-refractivity contribution is 6.36. The van der Waals surface area contributed by atoms with Crippen LogP contribution in [0, 0.1) is 0 Å². The normalized spacial score (nSPS) is 10.6. The molecule has 0 unspecified atom stereocenters. The molecule has 0 aliphatic heterocycles. The van der Waals surface area contributed by atoms with Crippen LogP contribution in [0.25, 0.3) is 11.0 Å². The molecule has 0 radical (unpaired) electrons. The Hall–Kier alpha value is -2.50. The summed E-state index contributed by atoms with van der Waals surface area (Å²) >= 11 is 11.8. The number of rotatable bonds is 4. The predicted octanol–water partition coefficient (Wildman–Crippen LogP) is 4.12. The van der Waals surface area contributed by atoms with Gasteiger partial charge in [0, 0.05) is 22.5 Å². The fourth-order valence-corrected chi connectivity index (χ4v) is 2.51. The van der Waals surface area contributed by atoms with Crippen molar-refractivity contribution >= 4 is 45.8 Å². The third-order valence-corrected chi connectivity index (χ3v) is 3.72. The van der Waals surface area contributed by atoms with Gasteiger partial charge >= 0.3 is 5.63 Å². The Morgan fingerprint density at radius 2 is 1.88 bits per heavy atom. The van der Waals surface area contributed by atoms with Crippen molar-refractivity contribution in [2.75, 3.05) is 11.9 Å². The lowest BCUT2D eigenvalue weighted by atomic mass is 10.2. The summed E-state index contributed by atoms with van der Waals surface area (Å²) in [6, 6.07) is 12.7. The van der Waals surface area contributed by atoms with Gasteiger partial charge in [0.05, 0.1) is 10.7 Å². The van der Waals surface area contributed by atoms with E-state index in [4.69, 9.17) is 32.4 Å². The van der Waals surface area contributed by atoms with Crippen molar-refractivity contribution in [3.05, 3.63) is 69.0 Å². The first-order valence-electron chi connectivity index (χ1n) is 6.93. The smallest absolute Gasteiger partial charge is 0.336 e. The van der Waals surface area contributed by atoms with Gasteiger partial charge in [0.2, 0.25) is 0 Å². The number of amides is 1. The van der Waals surface area contributed by atoms with E-state index in [1.807, 2.05) is 0 Å². The zero-order valence-corrected chi connectivity index (χ0v) is 13.7. The molecule has 0 saturated heterocycles. The molecule has 0 saturated carbocycles. The lowest BCUT2D eigenvalue weighted by Crippen LogP contribution is -2.20. The van der Waals surface area contributed by atoms with Crippen molar-refractivity contribution in [3.63, 3.8) is 0 Å². The number of ether oxygens (including phenoxy) is 1. The molecule has 0 atom stereocenters. The summed E-state index contributed by atoms with van der Waals surface area (Å²) in [4.78, 5) is 23.2. The van der Waals surface area contributed by atoms with Crippen LogP contribution in [0.3, 0.4) is 0 Å². The fraction of sp³-hybridized carbons (Fsp3) is 0.0588. The molecule has 1 aromatic heterocycles. The van der Waals surface area contributed by atoms with Gasteiger partial charge in [-0.2, -0.15) is 0 Å². The van der Waals surface area contributed by atoms with E-state index in [-0.39, 0.29) is 12.5 Å². The molecular formula is C17H11Cl2NO4. The van der Waals surface area contributed by atoms with Gasteiger partial charge in [0.25, 0.3) is 5.91 Å². The summed E-state index contributed by atoms with van der Waals surface area (Å²) < 4.78 is 10.5. The number of hydrogen-bond acceptors (Lipinski definition) is 4. The topological polar surface area (TPSA) is 68.5 Å². The summed E-state index contributed by atoms with van der Waals surface area (Å²) in [5, 5.41) is 4.20. The van der Waals surface area contributed by atoms with Gasteiger partial charge in [-0.25, -0.2) is 4.79 Å². The zero-order valence-electron chi connectivity index (χ0n) is 12.2. The van der Waals surface area contributed by atoms with Crippen LogP contribution in [0.15, 0.2) is 57.7 Å². The van der Waals surface area contributed by atoms with E-state index in [0.717, 1.165) is 5.39 Å². The maximum atomic E-state index is 11.9. The molecule has 3 aromatic rings. The lowest BCUT2D eigenvalue weighted by Gasteiger charge is -2.09. The van der Waals surface area contributed by atoms with E-state index >= 15 is 0 Å². The monoisotopic (exact) mass is 363 g/mol. The quantitative estimate of drug-likeness (QED) is 0.708. The van der Waals surface area contributed by atoms with Crippen LogP contribution < -0.4 is 15.7 Å². The Balaban J connectivity index is 1.66. The predicted molar refractivity (Wildman–Crippen MR) is 93.1 cm³/mol. The standard InChI is InChI=1S/C17H11Cl2NO4/c18-11-3-5-14(13(19)7-11)20-16(21)9-23-12-4-1-10-2-6-17(22)24-15(10)8-12/h1-8H,9H2,(H,20,21). The maximum Gasteiger partial charge on any atom is 0.336 e. The second kappa shape index (κ2) is 6.95. The molecule has 0 aliphatic carbocycles. The van der Waals surface area contributed by atoms with Gasteiger partial charge in [0.15, 0.2) is 6.61 Å². The number of halogens is 2. The van der Waals surface area contributed by atoms with Crippen molar-refractivity contribution in [2.45, 2.75) is 0 Å². The minimum Gasteiger partial charge on any atom is -0.484 e. The van der Waals surface area contributed by atoms with Crippen LogP contribution in [0.1, 0.15) is 0 Å². The Labute approximate surface area is 146 Å². The van der Waals surface area contributed by atoms with Crippen LogP contribution >= 0.6 is 23.2 Å². The average Bonchev–Trinajstić information content (AvgIpc) is 2.55. The highest BCUT2D eigenvalue weighted by Gasteiger charge is 2.08. The minimum absolute atomic E-state index is 0.221. The molecule has 5 nitrogen and oxygen atoms in total. The summed E-state index contributed by atoms with van der Waals surface area (Å²) in [7, 11) is 0. The van der Waals surface area contributed by atoms with Crippen LogP contribution in [0.5, 0.6) is 5.75 Å². The highest BCUT2D eigenvalue weighted by atomic mass is 35.5. The third kappa shape index (κ3) is 3.88. The molecular weight excluding hydrogens is 353 g/mol. The number of fused-ring (bicyclic) bond motifs is 1. The molecule has 2 aromatic carbocycles. The second-order valence-corrected chi connectivity index (χ2v) is 5.76. The van der Waals surface area contributed by atoms with Gasteiger partial charge in [-0.15, -0.1) is 0 Å². The van der Waals surface area contributed by atoms with E-state index in [1.165, 1.54) is 12.1 Å². The number of anilines is 1. The lowest BCUT2D eigenvalue weighted by molar-refractivity contribution is -0.118. The van der Waals surface area contributed by atoms with Crippen molar-refractivity contribution in [2.24, 2.45) is 0 Å². The Bertz CT molecular complexity index is 968. The minimum atomic E-state index is -0.449. The molecule has 1 N–H and O–H groups in total. The van der Waals surface area contributed by atoms with E-state index in [0.29, 0.717) is 27.1 Å². The molecule has 0 aliphatic rings. The SMILES string of the molecule is O=C(COc1ccc2ccc(=O)oc2c1)Nc1ccc(Cl)cc1Cl. The molecule has 1 heterocycles. The van der Waals surface area contributed by atoms with Gasteiger partial charge in [-0.3, -0.25) is 4.79 Å². The zero-order chi connectivity index (χ0) is 17.1. The summed E-state index contributed by atoms with van der Waals surface area (Å²) in [6.45, 7) is -0.221. The Morgan fingerprint density at radius 3 is 2.67 bits per heavy atom. The van der Waals surface area contributed by atoms with E-state index in [9.17, 15) is 9.59 Å². The maximum absolute atomic E-state index is 11.9. The van der Waals surface area contributed by atoms with Crippen molar-refractivity contribution in [1.29, 1.82) is 0 Å². The second-order valence-electron chi connectivity index (χ2n) is 4.92. The van der Waals surface area contributed by atoms with Gasteiger partial charge in [-0.1, -0.05) is 23.2 Å². The van der Waals surface area contributed by atoms with Gasteiger partial charge in [-0.05, 0) is 36.4 Å².